The lowest BCUT2D eigenvalue weighted by Gasteiger charge is -2.18. The van der Waals surface area contributed by atoms with Gasteiger partial charge in [0.15, 0.2) is 0 Å². The van der Waals surface area contributed by atoms with Crippen molar-refractivity contribution in [1.29, 1.82) is 0 Å². The molecule has 0 radical (unpaired) electrons. The van der Waals surface area contributed by atoms with Crippen molar-refractivity contribution in [2.75, 3.05) is 13.1 Å². The van der Waals surface area contributed by atoms with Crippen LogP contribution in [0.25, 0.3) is 11.1 Å². The quantitative estimate of drug-likeness (QED) is 0.641. The number of hydrogen-bond donors (Lipinski definition) is 1. The maximum Gasteiger partial charge on any atom is 0.335 e. The Kier molecular flexibility index (Phi) is 5.35. The van der Waals surface area contributed by atoms with Crippen molar-refractivity contribution in [3.63, 3.8) is 0 Å². The average molecular weight is 425 g/mol. The van der Waals surface area contributed by atoms with Gasteiger partial charge in [0.1, 0.15) is 5.76 Å². The molecule has 154 valence electrons. The monoisotopic (exact) mass is 424 g/mol. The van der Waals surface area contributed by atoms with Gasteiger partial charge < -0.3 is 14.5 Å². The number of carboxylic acid groups (broad SMARTS) is 1. The summed E-state index contributed by atoms with van der Waals surface area (Å²) in [5, 5.41) is 13.8. The number of nitrogens with zero attached hydrogens (tertiary/aromatic N) is 2. The second-order valence-corrected chi connectivity index (χ2v) is 7.93. The molecule has 1 unspecified atom stereocenters. The summed E-state index contributed by atoms with van der Waals surface area (Å²) in [7, 11) is 0. The summed E-state index contributed by atoms with van der Waals surface area (Å²) >= 11 is 6.47. The van der Waals surface area contributed by atoms with Gasteiger partial charge in [-0.05, 0) is 49.6 Å². The summed E-state index contributed by atoms with van der Waals surface area (Å²) in [6.45, 7) is 4.71. The second kappa shape index (κ2) is 7.95. The lowest BCUT2D eigenvalue weighted by atomic mass is 9.93. The van der Waals surface area contributed by atoms with Crippen LogP contribution in [0, 0.1) is 13.8 Å². The van der Waals surface area contributed by atoms with Crippen LogP contribution >= 0.6 is 11.6 Å². The van der Waals surface area contributed by atoms with E-state index in [9.17, 15) is 14.7 Å². The standard InChI is InChI=1S/C23H21ClN2O4/c1-13-21(14(2)30-25-13)15-7-8-19(20(24)11-15)22(27)26-10-9-16(12-26)17-5-3-4-6-18(17)23(28)29/h3-8,11,16H,9-10,12H2,1-2H3,(H,28,29). The molecule has 30 heavy (non-hydrogen) atoms. The fraction of sp³-hybridized carbons (Fsp3) is 0.261. The van der Waals surface area contributed by atoms with E-state index in [4.69, 9.17) is 16.1 Å². The minimum Gasteiger partial charge on any atom is -0.478 e. The van der Waals surface area contributed by atoms with E-state index in [0.717, 1.165) is 22.4 Å². The Morgan fingerprint density at radius 1 is 1.17 bits per heavy atom. The van der Waals surface area contributed by atoms with E-state index in [2.05, 4.69) is 5.16 Å². The van der Waals surface area contributed by atoms with E-state index in [0.29, 0.717) is 41.4 Å². The van der Waals surface area contributed by atoms with Crippen LogP contribution < -0.4 is 0 Å². The van der Waals surface area contributed by atoms with Gasteiger partial charge in [0.25, 0.3) is 5.91 Å². The summed E-state index contributed by atoms with van der Waals surface area (Å²) < 4.78 is 5.22. The lowest BCUT2D eigenvalue weighted by molar-refractivity contribution is 0.0695. The van der Waals surface area contributed by atoms with Crippen LogP contribution in [0.4, 0.5) is 0 Å². The summed E-state index contributed by atoms with van der Waals surface area (Å²) in [4.78, 5) is 26.4. The van der Waals surface area contributed by atoms with Crippen LogP contribution in [-0.2, 0) is 0 Å². The van der Waals surface area contributed by atoms with Gasteiger partial charge >= 0.3 is 5.97 Å². The van der Waals surface area contributed by atoms with E-state index in [1.54, 1.807) is 29.2 Å². The number of aryl methyl sites for hydroxylation is 2. The predicted molar refractivity (Wildman–Crippen MR) is 113 cm³/mol. The number of benzene rings is 2. The van der Waals surface area contributed by atoms with E-state index >= 15 is 0 Å². The van der Waals surface area contributed by atoms with Gasteiger partial charge in [0, 0.05) is 24.6 Å². The highest BCUT2D eigenvalue weighted by atomic mass is 35.5. The highest BCUT2D eigenvalue weighted by molar-refractivity contribution is 6.34. The molecule has 7 heteroatoms. The van der Waals surface area contributed by atoms with Crippen LogP contribution in [0.15, 0.2) is 47.0 Å². The number of likely N-dealkylation sites (tertiary alicyclic amines) is 1. The third kappa shape index (κ3) is 3.59. The molecule has 1 aromatic heterocycles. The molecule has 3 aromatic rings. The van der Waals surface area contributed by atoms with Crippen molar-refractivity contribution in [2.45, 2.75) is 26.2 Å². The van der Waals surface area contributed by atoms with E-state index in [-0.39, 0.29) is 11.8 Å². The lowest BCUT2D eigenvalue weighted by Crippen LogP contribution is -2.28. The van der Waals surface area contributed by atoms with Gasteiger partial charge in [-0.25, -0.2) is 4.79 Å². The van der Waals surface area contributed by atoms with Crippen LogP contribution in [0.1, 0.15) is 50.1 Å². The summed E-state index contributed by atoms with van der Waals surface area (Å²) in [5.74, 6) is -0.419. The maximum atomic E-state index is 13.1. The Bertz CT molecular complexity index is 1120. The zero-order valence-corrected chi connectivity index (χ0v) is 17.4. The molecular weight excluding hydrogens is 404 g/mol. The summed E-state index contributed by atoms with van der Waals surface area (Å²) in [5.41, 5.74) is 3.98. The number of aromatic nitrogens is 1. The molecule has 1 aliphatic heterocycles. The molecule has 1 N–H and O–H groups in total. The largest absolute Gasteiger partial charge is 0.478 e. The highest BCUT2D eigenvalue weighted by Gasteiger charge is 2.31. The first-order chi connectivity index (χ1) is 14.4. The van der Waals surface area contributed by atoms with Crippen LogP contribution in [0.3, 0.4) is 0 Å². The molecule has 1 saturated heterocycles. The molecule has 1 atom stereocenters. The Labute approximate surface area is 179 Å². The smallest absolute Gasteiger partial charge is 0.335 e. The normalized spacial score (nSPS) is 16.1. The van der Waals surface area contributed by atoms with Gasteiger partial charge in [0.05, 0.1) is 21.8 Å². The first-order valence-electron chi connectivity index (χ1n) is 9.71. The number of carbonyl (C=O) groups is 2. The molecule has 0 spiro atoms. The van der Waals surface area contributed by atoms with Crippen LogP contribution in [0.5, 0.6) is 0 Å². The van der Waals surface area contributed by atoms with E-state index in [1.165, 1.54) is 0 Å². The number of hydrogen-bond acceptors (Lipinski definition) is 4. The van der Waals surface area contributed by atoms with Gasteiger partial charge in [-0.2, -0.15) is 0 Å². The van der Waals surface area contributed by atoms with E-state index in [1.807, 2.05) is 32.0 Å². The number of halogens is 1. The molecular formula is C23H21ClN2O4. The average Bonchev–Trinajstić information content (AvgIpc) is 3.34. The third-order valence-electron chi connectivity index (χ3n) is 5.63. The van der Waals surface area contributed by atoms with E-state index < -0.39 is 5.97 Å². The van der Waals surface area contributed by atoms with Crippen molar-refractivity contribution in [2.24, 2.45) is 0 Å². The number of rotatable bonds is 4. The molecule has 4 rings (SSSR count). The number of carboxylic acids is 1. The predicted octanol–water partition coefficient (Wildman–Crippen LogP) is 4.94. The second-order valence-electron chi connectivity index (χ2n) is 7.52. The number of aromatic carboxylic acids is 1. The van der Waals surface area contributed by atoms with Crippen molar-refractivity contribution in [3.8, 4) is 11.1 Å². The first kappa shape index (κ1) is 20.2. The number of carbonyl (C=O) groups excluding carboxylic acids is 1. The van der Waals surface area contributed by atoms with Crippen molar-refractivity contribution in [1.82, 2.24) is 10.1 Å². The molecule has 0 bridgehead atoms. The van der Waals surface area contributed by atoms with Gasteiger partial charge in [-0.1, -0.05) is 41.0 Å². The zero-order chi connectivity index (χ0) is 21.4. The fourth-order valence-corrected chi connectivity index (χ4v) is 4.42. The third-order valence-corrected chi connectivity index (χ3v) is 5.94. The van der Waals surface area contributed by atoms with Crippen LogP contribution in [0.2, 0.25) is 5.02 Å². The SMILES string of the molecule is Cc1noc(C)c1-c1ccc(C(=O)N2CCC(c3ccccc3C(=O)O)C2)c(Cl)c1. The maximum absolute atomic E-state index is 13.1. The summed E-state index contributed by atoms with van der Waals surface area (Å²) in [6.07, 6.45) is 0.713. The zero-order valence-electron chi connectivity index (χ0n) is 16.7. The molecule has 2 heterocycles. The van der Waals surface area contributed by atoms with Crippen molar-refractivity contribution in [3.05, 3.63) is 75.6 Å². The fourth-order valence-electron chi connectivity index (χ4n) is 4.16. The molecule has 2 aromatic carbocycles. The highest BCUT2D eigenvalue weighted by Crippen LogP contribution is 2.34. The number of amides is 1. The molecule has 1 amide bonds. The molecule has 0 aliphatic carbocycles. The minimum absolute atomic E-state index is 0.0124. The molecule has 1 aliphatic rings. The molecule has 6 nitrogen and oxygen atoms in total. The molecule has 0 saturated carbocycles. The molecule has 1 fully saturated rings. The Morgan fingerprint density at radius 2 is 1.93 bits per heavy atom. The van der Waals surface area contributed by atoms with Gasteiger partial charge in [-0.3, -0.25) is 4.79 Å². The first-order valence-corrected chi connectivity index (χ1v) is 10.1. The Hall–Kier alpha value is -3.12. The Balaban J connectivity index is 1.56. The minimum atomic E-state index is -0.951. The topological polar surface area (TPSA) is 83.6 Å². The van der Waals surface area contributed by atoms with Gasteiger partial charge in [-0.15, -0.1) is 0 Å². The van der Waals surface area contributed by atoms with Crippen molar-refractivity contribution >= 4 is 23.5 Å². The van der Waals surface area contributed by atoms with Crippen LogP contribution in [-0.4, -0.2) is 40.1 Å². The van der Waals surface area contributed by atoms with Crippen molar-refractivity contribution < 1.29 is 19.2 Å². The summed E-state index contributed by atoms with van der Waals surface area (Å²) in [6, 6.07) is 12.3. The Morgan fingerprint density at radius 3 is 2.60 bits per heavy atom. The van der Waals surface area contributed by atoms with Gasteiger partial charge in [0.2, 0.25) is 0 Å².